The summed E-state index contributed by atoms with van der Waals surface area (Å²) in [5.74, 6) is 1.69. The highest BCUT2D eigenvalue weighted by Gasteiger charge is 2.31. The van der Waals surface area contributed by atoms with E-state index >= 15 is 0 Å². The van der Waals surface area contributed by atoms with Gasteiger partial charge >= 0.3 is 0 Å². The lowest BCUT2D eigenvalue weighted by molar-refractivity contribution is 0.296. The predicted octanol–water partition coefficient (Wildman–Crippen LogP) is 2.94. The number of benzene rings is 1. The molecular formula is C15H23NOS. The lowest BCUT2D eigenvalue weighted by Crippen LogP contribution is -2.33. The smallest absolute Gasteiger partial charge is 0.0441 e. The summed E-state index contributed by atoms with van der Waals surface area (Å²) in [6.45, 7) is 2.63. The fourth-order valence-corrected chi connectivity index (χ4v) is 4.36. The van der Waals surface area contributed by atoms with Crippen molar-refractivity contribution in [3.63, 3.8) is 0 Å². The molecule has 1 aliphatic carbocycles. The van der Waals surface area contributed by atoms with E-state index in [1.807, 2.05) is 11.8 Å². The summed E-state index contributed by atoms with van der Waals surface area (Å²) < 4.78 is 0. The molecule has 2 rings (SSSR count). The molecule has 0 aromatic heterocycles. The third kappa shape index (κ3) is 2.90. The zero-order valence-corrected chi connectivity index (χ0v) is 12.0. The van der Waals surface area contributed by atoms with Crippen molar-refractivity contribution in [3.05, 3.63) is 35.4 Å². The number of fused-ring (bicyclic) bond motifs is 1. The third-order valence-electron chi connectivity index (χ3n) is 3.77. The van der Waals surface area contributed by atoms with Gasteiger partial charge in [-0.3, -0.25) is 0 Å². The molecule has 0 bridgehead atoms. The molecule has 0 aliphatic heterocycles. The Hall–Kier alpha value is -0.510. The van der Waals surface area contributed by atoms with E-state index in [9.17, 15) is 0 Å². The number of hydrogen-bond acceptors (Lipinski definition) is 3. The van der Waals surface area contributed by atoms with Crippen LogP contribution in [0.1, 0.15) is 42.9 Å². The molecule has 3 unspecified atom stereocenters. The van der Waals surface area contributed by atoms with Gasteiger partial charge in [-0.25, -0.2) is 0 Å². The first-order valence-electron chi connectivity index (χ1n) is 6.76. The number of thioether (sulfide) groups is 1. The van der Waals surface area contributed by atoms with Crippen molar-refractivity contribution in [1.82, 2.24) is 5.32 Å². The molecule has 0 heterocycles. The molecule has 100 valence electrons. The van der Waals surface area contributed by atoms with Gasteiger partial charge in [0.25, 0.3) is 0 Å². The van der Waals surface area contributed by atoms with Crippen LogP contribution in [-0.2, 0) is 0 Å². The van der Waals surface area contributed by atoms with E-state index in [0.29, 0.717) is 23.8 Å². The van der Waals surface area contributed by atoms with Gasteiger partial charge in [0.1, 0.15) is 0 Å². The Labute approximate surface area is 114 Å². The van der Waals surface area contributed by atoms with Crippen molar-refractivity contribution in [3.8, 4) is 0 Å². The molecule has 0 saturated heterocycles. The zero-order valence-electron chi connectivity index (χ0n) is 11.2. The summed E-state index contributed by atoms with van der Waals surface area (Å²) in [6, 6.07) is 9.24. The molecule has 0 amide bonds. The number of hydrogen-bond donors (Lipinski definition) is 2. The van der Waals surface area contributed by atoms with Crippen LogP contribution < -0.4 is 5.32 Å². The summed E-state index contributed by atoms with van der Waals surface area (Å²) in [5, 5.41) is 13.0. The molecule has 1 aliphatic rings. The summed E-state index contributed by atoms with van der Waals surface area (Å²) in [7, 11) is 2.05. The van der Waals surface area contributed by atoms with E-state index in [0.717, 1.165) is 12.2 Å². The minimum Gasteiger partial charge on any atom is -0.396 e. The second-order valence-electron chi connectivity index (χ2n) is 5.02. The van der Waals surface area contributed by atoms with Gasteiger partial charge in [0, 0.05) is 17.9 Å². The van der Waals surface area contributed by atoms with Gasteiger partial charge in [-0.1, -0.05) is 31.2 Å². The molecular weight excluding hydrogens is 242 g/mol. The van der Waals surface area contributed by atoms with Gasteiger partial charge in [-0.05, 0) is 42.7 Å². The molecule has 18 heavy (non-hydrogen) atoms. The van der Waals surface area contributed by atoms with Gasteiger partial charge < -0.3 is 10.4 Å². The van der Waals surface area contributed by atoms with Crippen LogP contribution in [0.4, 0.5) is 0 Å². The quantitative estimate of drug-likeness (QED) is 0.803. The largest absolute Gasteiger partial charge is 0.396 e. The molecule has 2 N–H and O–H groups in total. The van der Waals surface area contributed by atoms with Crippen LogP contribution in [0, 0.1) is 0 Å². The van der Waals surface area contributed by atoms with Gasteiger partial charge in [0.2, 0.25) is 0 Å². The fourth-order valence-electron chi connectivity index (χ4n) is 2.86. The van der Waals surface area contributed by atoms with E-state index in [4.69, 9.17) is 5.11 Å². The summed E-state index contributed by atoms with van der Waals surface area (Å²) in [4.78, 5) is 0. The van der Waals surface area contributed by atoms with Crippen LogP contribution in [0.2, 0.25) is 0 Å². The van der Waals surface area contributed by atoms with E-state index in [2.05, 4.69) is 43.6 Å². The maximum atomic E-state index is 8.90. The highest BCUT2D eigenvalue weighted by Crippen LogP contribution is 2.42. The molecule has 0 fully saturated rings. The van der Waals surface area contributed by atoms with Crippen LogP contribution in [0.15, 0.2) is 24.3 Å². The normalized spacial score (nSPS) is 26.9. The molecule has 0 saturated carbocycles. The van der Waals surface area contributed by atoms with Crippen LogP contribution in [-0.4, -0.2) is 29.8 Å². The van der Waals surface area contributed by atoms with Crippen LogP contribution in [0.3, 0.4) is 0 Å². The fraction of sp³-hybridized carbons (Fsp3) is 0.600. The van der Waals surface area contributed by atoms with Crippen molar-refractivity contribution in [2.24, 2.45) is 0 Å². The Morgan fingerprint density at radius 3 is 2.72 bits per heavy atom. The van der Waals surface area contributed by atoms with Gasteiger partial charge in [0.15, 0.2) is 0 Å². The van der Waals surface area contributed by atoms with Crippen LogP contribution >= 0.6 is 11.8 Å². The van der Waals surface area contributed by atoms with Crippen molar-refractivity contribution in [1.29, 1.82) is 0 Å². The monoisotopic (exact) mass is 265 g/mol. The Morgan fingerprint density at radius 1 is 1.33 bits per heavy atom. The summed E-state index contributed by atoms with van der Waals surface area (Å²) in [6.07, 6.45) is 2.12. The van der Waals surface area contributed by atoms with Crippen LogP contribution in [0.5, 0.6) is 0 Å². The molecule has 3 atom stereocenters. The lowest BCUT2D eigenvalue weighted by Gasteiger charge is -2.36. The van der Waals surface area contributed by atoms with E-state index in [1.54, 1.807) is 0 Å². The minimum atomic E-state index is 0.302. The second kappa shape index (κ2) is 6.60. The molecule has 3 heteroatoms. The first-order valence-corrected chi connectivity index (χ1v) is 7.81. The van der Waals surface area contributed by atoms with Crippen molar-refractivity contribution >= 4 is 11.8 Å². The number of rotatable bonds is 5. The molecule has 1 aromatic carbocycles. The van der Waals surface area contributed by atoms with Crippen molar-refractivity contribution in [2.75, 3.05) is 19.4 Å². The highest BCUT2D eigenvalue weighted by molar-refractivity contribution is 7.99. The molecule has 0 spiro atoms. The predicted molar refractivity (Wildman–Crippen MR) is 79.2 cm³/mol. The van der Waals surface area contributed by atoms with E-state index < -0.39 is 0 Å². The maximum Gasteiger partial charge on any atom is 0.0441 e. The van der Waals surface area contributed by atoms with Gasteiger partial charge in [-0.15, -0.1) is 0 Å². The highest BCUT2D eigenvalue weighted by atomic mass is 32.2. The standard InChI is InChI=1S/C15H23NOS/c1-11-10-14(18-9-5-8-17)15(16-2)13-7-4-3-6-12(11)13/h3-4,6-7,11,14-17H,5,8-10H2,1-2H3. The van der Waals surface area contributed by atoms with Crippen molar-refractivity contribution in [2.45, 2.75) is 37.0 Å². The summed E-state index contributed by atoms with van der Waals surface area (Å²) >= 11 is 2.00. The van der Waals surface area contributed by atoms with Crippen molar-refractivity contribution < 1.29 is 5.11 Å². The Bertz CT molecular complexity index is 383. The van der Waals surface area contributed by atoms with E-state index in [1.165, 1.54) is 17.5 Å². The SMILES string of the molecule is CNC1c2ccccc2C(C)CC1SCCCO. The molecule has 0 radical (unpaired) electrons. The number of aliphatic hydroxyl groups is 1. The Kier molecular flexibility index (Phi) is 5.10. The third-order valence-corrected chi connectivity index (χ3v) is 5.18. The van der Waals surface area contributed by atoms with E-state index in [-0.39, 0.29) is 0 Å². The molecule has 2 nitrogen and oxygen atoms in total. The Balaban J connectivity index is 2.15. The maximum absolute atomic E-state index is 8.90. The number of aliphatic hydroxyl groups excluding tert-OH is 1. The first kappa shape index (κ1) is 13.9. The molecule has 1 aromatic rings. The topological polar surface area (TPSA) is 32.3 Å². The average Bonchev–Trinajstić information content (AvgIpc) is 2.39. The van der Waals surface area contributed by atoms with Gasteiger partial charge in [0.05, 0.1) is 0 Å². The summed E-state index contributed by atoms with van der Waals surface area (Å²) in [5.41, 5.74) is 2.95. The van der Waals surface area contributed by atoms with Gasteiger partial charge in [-0.2, -0.15) is 11.8 Å². The minimum absolute atomic E-state index is 0.302. The average molecular weight is 265 g/mol. The lowest BCUT2D eigenvalue weighted by atomic mass is 9.81. The zero-order chi connectivity index (χ0) is 13.0. The first-order chi connectivity index (χ1) is 8.77. The van der Waals surface area contributed by atoms with Crippen LogP contribution in [0.25, 0.3) is 0 Å². The second-order valence-corrected chi connectivity index (χ2v) is 6.37. The Morgan fingerprint density at radius 2 is 2.06 bits per heavy atom. The number of nitrogens with one attached hydrogen (secondary N) is 1.